The lowest BCUT2D eigenvalue weighted by atomic mass is 10.2. The lowest BCUT2D eigenvalue weighted by Gasteiger charge is -1.97. The highest BCUT2D eigenvalue weighted by Gasteiger charge is 2.11. The first kappa shape index (κ1) is 10.5. The fraction of sp³-hybridized carbons (Fsp3) is 0.154. The van der Waals surface area contributed by atoms with Gasteiger partial charge in [0.25, 0.3) is 0 Å². The van der Waals surface area contributed by atoms with Crippen molar-refractivity contribution in [3.8, 4) is 10.7 Å². The van der Waals surface area contributed by atoms with E-state index in [0.717, 1.165) is 23.5 Å². The van der Waals surface area contributed by atoms with E-state index in [2.05, 4.69) is 28.1 Å². The Bertz CT molecular complexity index is 625. The maximum atomic E-state index is 5.63. The zero-order chi connectivity index (χ0) is 11.7. The average molecular weight is 243 g/mol. The number of nitrogens with two attached hydrogens (primary N) is 1. The van der Waals surface area contributed by atoms with Crippen LogP contribution in [0, 0.1) is 0 Å². The van der Waals surface area contributed by atoms with Crippen LogP contribution in [0.5, 0.6) is 0 Å². The molecule has 0 aliphatic heterocycles. The first-order valence-electron chi connectivity index (χ1n) is 5.60. The van der Waals surface area contributed by atoms with Gasteiger partial charge in [-0.3, -0.25) is 4.40 Å². The molecule has 0 saturated carbocycles. The molecular formula is C13H13N3S. The third kappa shape index (κ3) is 1.75. The zero-order valence-corrected chi connectivity index (χ0v) is 10.2. The second-order valence-corrected chi connectivity index (χ2v) is 4.80. The van der Waals surface area contributed by atoms with Gasteiger partial charge >= 0.3 is 0 Å². The van der Waals surface area contributed by atoms with E-state index in [4.69, 9.17) is 10.7 Å². The zero-order valence-electron chi connectivity index (χ0n) is 9.34. The fourth-order valence-electron chi connectivity index (χ4n) is 2.00. The fourth-order valence-corrected chi connectivity index (χ4v) is 2.71. The Kier molecular flexibility index (Phi) is 2.66. The summed E-state index contributed by atoms with van der Waals surface area (Å²) in [6.45, 7) is 0.630. The average Bonchev–Trinajstić information content (AvgIpc) is 2.97. The van der Waals surface area contributed by atoms with Crippen molar-refractivity contribution in [3.05, 3.63) is 47.6 Å². The minimum Gasteiger partial charge on any atom is -0.330 e. The summed E-state index contributed by atoms with van der Waals surface area (Å²) in [6, 6.07) is 10.3. The monoisotopic (exact) mass is 243 g/mol. The van der Waals surface area contributed by atoms with Gasteiger partial charge in [-0.2, -0.15) is 0 Å². The summed E-state index contributed by atoms with van der Waals surface area (Å²) >= 11 is 1.71. The predicted molar refractivity (Wildman–Crippen MR) is 71.3 cm³/mol. The number of pyridine rings is 1. The summed E-state index contributed by atoms with van der Waals surface area (Å²) in [5.41, 5.74) is 7.87. The van der Waals surface area contributed by atoms with Crippen molar-refractivity contribution in [2.24, 2.45) is 5.73 Å². The number of thiophene rings is 1. The molecule has 0 saturated heterocycles. The number of rotatable bonds is 3. The molecule has 3 aromatic rings. The van der Waals surface area contributed by atoms with Crippen molar-refractivity contribution in [2.75, 3.05) is 6.54 Å². The van der Waals surface area contributed by atoms with Crippen LogP contribution in [-0.4, -0.2) is 15.9 Å². The summed E-state index contributed by atoms with van der Waals surface area (Å²) in [6.07, 6.45) is 2.87. The lowest BCUT2D eigenvalue weighted by molar-refractivity contribution is 0.944. The van der Waals surface area contributed by atoms with Crippen molar-refractivity contribution in [1.29, 1.82) is 0 Å². The van der Waals surface area contributed by atoms with Crippen LogP contribution in [0.25, 0.3) is 16.2 Å². The Balaban J connectivity index is 2.25. The highest BCUT2D eigenvalue weighted by atomic mass is 32.1. The number of fused-ring (bicyclic) bond motifs is 1. The van der Waals surface area contributed by atoms with Crippen molar-refractivity contribution in [1.82, 2.24) is 9.38 Å². The third-order valence-corrected chi connectivity index (χ3v) is 3.61. The van der Waals surface area contributed by atoms with E-state index in [1.807, 2.05) is 18.2 Å². The summed E-state index contributed by atoms with van der Waals surface area (Å²) in [5.74, 6) is 1.01. The molecule has 3 aromatic heterocycles. The topological polar surface area (TPSA) is 43.3 Å². The standard InChI is InChI=1S/C13H13N3S/c14-7-6-10-11-4-1-2-8-16(11)13(15-10)12-5-3-9-17-12/h1-5,8-9H,6-7,14H2. The minimum atomic E-state index is 0.630. The van der Waals surface area contributed by atoms with E-state index in [1.54, 1.807) is 11.3 Å². The molecule has 2 N–H and O–H groups in total. The normalized spacial score (nSPS) is 11.1. The number of aromatic nitrogens is 2. The van der Waals surface area contributed by atoms with Crippen LogP contribution in [0.3, 0.4) is 0 Å². The molecule has 17 heavy (non-hydrogen) atoms. The van der Waals surface area contributed by atoms with Gasteiger partial charge in [-0.05, 0) is 30.1 Å². The van der Waals surface area contributed by atoms with Crippen molar-refractivity contribution < 1.29 is 0 Å². The number of nitrogens with zero attached hydrogens (tertiary/aromatic N) is 2. The molecule has 3 nitrogen and oxygen atoms in total. The molecule has 0 amide bonds. The van der Waals surface area contributed by atoms with Crippen LogP contribution >= 0.6 is 11.3 Å². The van der Waals surface area contributed by atoms with Gasteiger partial charge in [0.1, 0.15) is 0 Å². The molecule has 0 fully saturated rings. The minimum absolute atomic E-state index is 0.630. The first-order valence-corrected chi connectivity index (χ1v) is 6.48. The van der Waals surface area contributed by atoms with E-state index in [0.29, 0.717) is 6.54 Å². The van der Waals surface area contributed by atoms with Gasteiger partial charge in [0.05, 0.1) is 16.1 Å². The van der Waals surface area contributed by atoms with E-state index in [-0.39, 0.29) is 0 Å². The van der Waals surface area contributed by atoms with Gasteiger partial charge in [0, 0.05) is 12.6 Å². The lowest BCUT2D eigenvalue weighted by Crippen LogP contribution is -2.03. The maximum absolute atomic E-state index is 5.63. The second kappa shape index (κ2) is 4.31. The highest BCUT2D eigenvalue weighted by molar-refractivity contribution is 7.13. The molecule has 0 spiro atoms. The van der Waals surface area contributed by atoms with Crippen molar-refractivity contribution in [2.45, 2.75) is 6.42 Å². The summed E-state index contributed by atoms with van der Waals surface area (Å²) in [5, 5.41) is 2.07. The largest absolute Gasteiger partial charge is 0.330 e. The molecule has 86 valence electrons. The van der Waals surface area contributed by atoms with Crippen LogP contribution in [0.2, 0.25) is 0 Å². The van der Waals surface area contributed by atoms with E-state index in [1.165, 1.54) is 4.88 Å². The Morgan fingerprint density at radius 1 is 1.24 bits per heavy atom. The molecule has 0 radical (unpaired) electrons. The maximum Gasteiger partial charge on any atom is 0.154 e. The Morgan fingerprint density at radius 3 is 2.94 bits per heavy atom. The van der Waals surface area contributed by atoms with Crippen LogP contribution < -0.4 is 5.73 Å². The third-order valence-electron chi connectivity index (χ3n) is 2.75. The molecular weight excluding hydrogens is 230 g/mol. The molecule has 0 aromatic carbocycles. The number of hydrogen-bond donors (Lipinski definition) is 1. The molecule has 3 heterocycles. The predicted octanol–water partition coefficient (Wildman–Crippen LogP) is 2.56. The second-order valence-electron chi connectivity index (χ2n) is 3.85. The van der Waals surface area contributed by atoms with Gasteiger partial charge < -0.3 is 5.73 Å². The highest BCUT2D eigenvalue weighted by Crippen LogP contribution is 2.26. The van der Waals surface area contributed by atoms with Crippen LogP contribution in [0.4, 0.5) is 0 Å². The smallest absolute Gasteiger partial charge is 0.154 e. The molecule has 3 rings (SSSR count). The summed E-state index contributed by atoms with van der Waals surface area (Å²) in [4.78, 5) is 5.90. The Morgan fingerprint density at radius 2 is 2.18 bits per heavy atom. The van der Waals surface area contributed by atoms with Crippen molar-refractivity contribution in [3.63, 3.8) is 0 Å². The molecule has 0 atom stereocenters. The molecule has 0 aliphatic rings. The SMILES string of the molecule is NCCc1nc(-c2cccs2)n2ccccc12. The molecule has 0 unspecified atom stereocenters. The Labute approximate surface area is 104 Å². The summed E-state index contributed by atoms with van der Waals surface area (Å²) < 4.78 is 2.14. The Hall–Kier alpha value is -1.65. The van der Waals surface area contributed by atoms with E-state index in [9.17, 15) is 0 Å². The molecule has 0 aliphatic carbocycles. The molecule has 4 heteroatoms. The number of hydrogen-bond acceptors (Lipinski definition) is 3. The first-order chi connectivity index (χ1) is 8.40. The van der Waals surface area contributed by atoms with Gasteiger partial charge in [-0.15, -0.1) is 11.3 Å². The summed E-state index contributed by atoms with van der Waals surface area (Å²) in [7, 11) is 0. The van der Waals surface area contributed by atoms with Crippen LogP contribution in [-0.2, 0) is 6.42 Å². The van der Waals surface area contributed by atoms with Crippen molar-refractivity contribution >= 4 is 16.9 Å². The van der Waals surface area contributed by atoms with Crippen LogP contribution in [0.1, 0.15) is 5.69 Å². The van der Waals surface area contributed by atoms with Gasteiger partial charge in [-0.25, -0.2) is 4.98 Å². The quantitative estimate of drug-likeness (QED) is 0.768. The molecule has 0 bridgehead atoms. The van der Waals surface area contributed by atoms with E-state index < -0.39 is 0 Å². The van der Waals surface area contributed by atoms with Crippen LogP contribution in [0.15, 0.2) is 41.9 Å². The van der Waals surface area contributed by atoms with Gasteiger partial charge in [0.15, 0.2) is 5.82 Å². The number of imidazole rings is 1. The van der Waals surface area contributed by atoms with Gasteiger partial charge in [0.2, 0.25) is 0 Å². The van der Waals surface area contributed by atoms with Gasteiger partial charge in [-0.1, -0.05) is 12.1 Å². The van der Waals surface area contributed by atoms with E-state index >= 15 is 0 Å².